The number of halogens is 1. The van der Waals surface area contributed by atoms with Crippen molar-refractivity contribution in [2.75, 3.05) is 37.2 Å². The van der Waals surface area contributed by atoms with Crippen molar-refractivity contribution in [1.29, 1.82) is 0 Å². The summed E-state index contributed by atoms with van der Waals surface area (Å²) in [6.45, 7) is 4.69. The van der Waals surface area contributed by atoms with Crippen LogP contribution >= 0.6 is 34.7 Å². The standard InChI is InChI=1S/C20H22ClN5O2S2/c21-16-5-3-15(4-6-16)13-25-7-9-26(10-8-25)18(27)14-29-20-24-23-19(30-20)22-12-17-2-1-11-28-17/h1-6,11H,7-10,12-14H2,(H,22,23). The Labute approximate surface area is 188 Å². The first kappa shape index (κ1) is 21.2. The quantitative estimate of drug-likeness (QED) is 0.509. The number of aromatic nitrogens is 2. The van der Waals surface area contributed by atoms with E-state index in [0.29, 0.717) is 12.3 Å². The first-order valence-corrected chi connectivity index (χ1v) is 11.8. The molecule has 0 atom stereocenters. The van der Waals surface area contributed by atoms with Crippen molar-refractivity contribution in [3.05, 3.63) is 59.0 Å². The zero-order valence-corrected chi connectivity index (χ0v) is 18.7. The number of nitrogens with zero attached hydrogens (tertiary/aromatic N) is 4. The van der Waals surface area contributed by atoms with E-state index in [1.165, 1.54) is 28.7 Å². The summed E-state index contributed by atoms with van der Waals surface area (Å²) in [5, 5.41) is 12.9. The lowest BCUT2D eigenvalue weighted by Crippen LogP contribution is -2.48. The Kier molecular flexibility index (Phi) is 7.27. The van der Waals surface area contributed by atoms with Gasteiger partial charge in [0.25, 0.3) is 0 Å². The number of thioether (sulfide) groups is 1. The highest BCUT2D eigenvalue weighted by molar-refractivity contribution is 8.01. The summed E-state index contributed by atoms with van der Waals surface area (Å²) in [6.07, 6.45) is 1.64. The van der Waals surface area contributed by atoms with E-state index >= 15 is 0 Å². The maximum atomic E-state index is 12.6. The lowest BCUT2D eigenvalue weighted by Gasteiger charge is -2.34. The Morgan fingerprint density at radius 3 is 2.70 bits per heavy atom. The zero-order chi connectivity index (χ0) is 20.8. The summed E-state index contributed by atoms with van der Waals surface area (Å²) in [7, 11) is 0. The number of anilines is 1. The van der Waals surface area contributed by atoms with Gasteiger partial charge in [0.05, 0.1) is 18.6 Å². The molecule has 3 aromatic rings. The van der Waals surface area contributed by atoms with Crippen molar-refractivity contribution in [1.82, 2.24) is 20.0 Å². The normalized spacial score (nSPS) is 14.8. The fraction of sp³-hybridized carbons (Fsp3) is 0.350. The largest absolute Gasteiger partial charge is 0.467 e. The molecule has 3 heterocycles. The summed E-state index contributed by atoms with van der Waals surface area (Å²) in [6, 6.07) is 11.7. The molecule has 7 nitrogen and oxygen atoms in total. The molecule has 1 amide bonds. The van der Waals surface area contributed by atoms with Crippen molar-refractivity contribution < 1.29 is 9.21 Å². The summed E-state index contributed by atoms with van der Waals surface area (Å²) in [5.74, 6) is 1.36. The topological polar surface area (TPSA) is 74.5 Å². The molecule has 4 rings (SSSR count). The second-order valence-corrected chi connectivity index (χ2v) is 9.51. The molecule has 10 heteroatoms. The van der Waals surface area contributed by atoms with Crippen molar-refractivity contribution in [2.24, 2.45) is 0 Å². The summed E-state index contributed by atoms with van der Waals surface area (Å²) < 4.78 is 6.07. The van der Waals surface area contributed by atoms with Crippen molar-refractivity contribution >= 4 is 45.7 Å². The molecule has 0 spiro atoms. The fourth-order valence-electron chi connectivity index (χ4n) is 3.13. The Bertz CT molecular complexity index is 941. The van der Waals surface area contributed by atoms with E-state index in [4.69, 9.17) is 16.0 Å². The van der Waals surface area contributed by atoms with Gasteiger partial charge in [0.2, 0.25) is 11.0 Å². The average molecular weight is 464 g/mol. The van der Waals surface area contributed by atoms with Gasteiger partial charge >= 0.3 is 0 Å². The van der Waals surface area contributed by atoms with Crippen molar-refractivity contribution in [3.63, 3.8) is 0 Å². The van der Waals surface area contributed by atoms with E-state index in [-0.39, 0.29) is 5.91 Å². The van der Waals surface area contributed by atoms with Crippen LogP contribution in [-0.2, 0) is 17.9 Å². The molecule has 0 aliphatic carbocycles. The maximum Gasteiger partial charge on any atom is 0.233 e. The number of nitrogens with one attached hydrogen (secondary N) is 1. The molecule has 1 aromatic carbocycles. The van der Waals surface area contributed by atoms with Gasteiger partial charge in [-0.2, -0.15) is 0 Å². The fourth-order valence-corrected chi connectivity index (χ4v) is 4.91. The SMILES string of the molecule is O=C(CSc1nnc(NCc2ccco2)s1)N1CCN(Cc2ccc(Cl)cc2)CC1. The maximum absolute atomic E-state index is 12.6. The van der Waals surface area contributed by atoms with Crippen LogP contribution in [0.25, 0.3) is 0 Å². The van der Waals surface area contributed by atoms with Crippen LogP contribution in [0.2, 0.25) is 5.02 Å². The van der Waals surface area contributed by atoms with Crippen LogP contribution in [0.4, 0.5) is 5.13 Å². The van der Waals surface area contributed by atoms with Crippen LogP contribution in [0.15, 0.2) is 51.4 Å². The minimum atomic E-state index is 0.145. The number of furan rings is 1. The minimum Gasteiger partial charge on any atom is -0.467 e. The number of hydrogen-bond acceptors (Lipinski definition) is 8. The minimum absolute atomic E-state index is 0.145. The van der Waals surface area contributed by atoms with Crippen LogP contribution in [0.1, 0.15) is 11.3 Å². The van der Waals surface area contributed by atoms with E-state index in [1.54, 1.807) is 6.26 Å². The van der Waals surface area contributed by atoms with Crippen molar-refractivity contribution in [3.8, 4) is 0 Å². The molecule has 1 N–H and O–H groups in total. The van der Waals surface area contributed by atoms with Crippen LogP contribution < -0.4 is 5.32 Å². The molecule has 1 fully saturated rings. The van der Waals surface area contributed by atoms with E-state index in [1.807, 2.05) is 29.2 Å². The first-order valence-electron chi connectivity index (χ1n) is 9.63. The Morgan fingerprint density at radius 1 is 1.17 bits per heavy atom. The predicted octanol–water partition coefficient (Wildman–Crippen LogP) is 3.83. The highest BCUT2D eigenvalue weighted by Crippen LogP contribution is 2.26. The van der Waals surface area contributed by atoms with Gasteiger partial charge in [-0.05, 0) is 29.8 Å². The van der Waals surface area contributed by atoms with Gasteiger partial charge < -0.3 is 14.6 Å². The third-order valence-corrected chi connectivity index (χ3v) is 7.01. The number of benzene rings is 1. The number of piperazine rings is 1. The van der Waals surface area contributed by atoms with Gasteiger partial charge in [0.1, 0.15) is 5.76 Å². The second-order valence-electron chi connectivity index (χ2n) is 6.88. The van der Waals surface area contributed by atoms with Gasteiger partial charge in [0, 0.05) is 37.7 Å². The molecule has 30 heavy (non-hydrogen) atoms. The molecule has 0 saturated carbocycles. The van der Waals surface area contributed by atoms with Gasteiger partial charge in [-0.15, -0.1) is 10.2 Å². The molecule has 0 radical (unpaired) electrons. The number of carbonyl (C=O) groups is 1. The lowest BCUT2D eigenvalue weighted by atomic mass is 10.2. The summed E-state index contributed by atoms with van der Waals surface area (Å²) in [4.78, 5) is 16.9. The van der Waals surface area contributed by atoms with Gasteiger partial charge in [-0.3, -0.25) is 9.69 Å². The molecule has 1 aliphatic heterocycles. The van der Waals surface area contributed by atoms with Crippen molar-refractivity contribution in [2.45, 2.75) is 17.4 Å². The van der Waals surface area contributed by atoms with Crippen LogP contribution in [0.3, 0.4) is 0 Å². The molecule has 0 unspecified atom stereocenters. The zero-order valence-electron chi connectivity index (χ0n) is 16.3. The van der Waals surface area contributed by atoms with Gasteiger partial charge in [-0.25, -0.2) is 0 Å². The monoisotopic (exact) mass is 463 g/mol. The molecule has 1 saturated heterocycles. The summed E-state index contributed by atoms with van der Waals surface area (Å²) >= 11 is 8.83. The van der Waals surface area contributed by atoms with E-state index in [2.05, 4.69) is 32.5 Å². The van der Waals surface area contributed by atoms with Gasteiger partial charge in [0.15, 0.2) is 4.34 Å². The van der Waals surface area contributed by atoms with Crippen LogP contribution in [-0.4, -0.2) is 57.8 Å². The number of amides is 1. The molecule has 158 valence electrons. The second kappa shape index (κ2) is 10.3. The first-order chi connectivity index (χ1) is 14.7. The Morgan fingerprint density at radius 2 is 1.97 bits per heavy atom. The number of rotatable bonds is 8. The molecule has 0 bridgehead atoms. The smallest absolute Gasteiger partial charge is 0.233 e. The number of hydrogen-bond donors (Lipinski definition) is 1. The Balaban J connectivity index is 1.17. The Hall–Kier alpha value is -2.07. The van der Waals surface area contributed by atoms with Crippen LogP contribution in [0, 0.1) is 0 Å². The highest BCUT2D eigenvalue weighted by atomic mass is 35.5. The lowest BCUT2D eigenvalue weighted by molar-refractivity contribution is -0.130. The van der Waals surface area contributed by atoms with E-state index in [9.17, 15) is 4.79 Å². The molecular formula is C20H22ClN5O2S2. The molecular weight excluding hydrogens is 442 g/mol. The van der Waals surface area contributed by atoms with Crippen LogP contribution in [0.5, 0.6) is 0 Å². The van der Waals surface area contributed by atoms with E-state index < -0.39 is 0 Å². The third-order valence-electron chi connectivity index (χ3n) is 4.76. The van der Waals surface area contributed by atoms with E-state index in [0.717, 1.165) is 53.0 Å². The van der Waals surface area contributed by atoms with Gasteiger partial charge in [-0.1, -0.05) is 46.8 Å². The predicted molar refractivity (Wildman–Crippen MR) is 120 cm³/mol. The molecule has 1 aliphatic rings. The highest BCUT2D eigenvalue weighted by Gasteiger charge is 2.21. The summed E-state index contributed by atoms with van der Waals surface area (Å²) in [5.41, 5.74) is 1.24. The average Bonchev–Trinajstić information content (AvgIpc) is 3.45. The third kappa shape index (κ3) is 5.98. The molecule has 2 aromatic heterocycles. The number of carbonyl (C=O) groups excluding carboxylic acids is 1.